The van der Waals surface area contributed by atoms with E-state index in [9.17, 15) is 0 Å². The molecule has 0 spiro atoms. The first-order valence-corrected chi connectivity index (χ1v) is 7.40. The van der Waals surface area contributed by atoms with E-state index in [0.717, 1.165) is 6.42 Å². The van der Waals surface area contributed by atoms with Gasteiger partial charge in [-0.2, -0.15) is 0 Å². The second-order valence-electron chi connectivity index (χ2n) is 6.43. The summed E-state index contributed by atoms with van der Waals surface area (Å²) >= 11 is 0. The fourth-order valence-electron chi connectivity index (χ4n) is 3.39. The smallest absolute Gasteiger partial charge is 0.0224 e. The molecule has 0 aromatic heterocycles. The maximum absolute atomic E-state index is 2.39. The molecule has 1 heteroatoms. The number of likely N-dealkylation sites (N-methyl/N-ethyl adjacent to an activating group) is 1. The van der Waals surface area contributed by atoms with Crippen molar-refractivity contribution < 1.29 is 0 Å². The second-order valence-corrected chi connectivity index (χ2v) is 6.43. The van der Waals surface area contributed by atoms with Crippen LogP contribution in [0.3, 0.4) is 0 Å². The first kappa shape index (κ1) is 13.4. The Morgan fingerprint density at radius 2 is 1.60 bits per heavy atom. The summed E-state index contributed by atoms with van der Waals surface area (Å²) in [6.45, 7) is 2.39. The van der Waals surface area contributed by atoms with Crippen LogP contribution in [0, 0.1) is 0 Å². The number of rotatable bonds is 2. The largest absolute Gasteiger partial charge is 0.304 e. The Kier molecular flexibility index (Phi) is 3.39. The van der Waals surface area contributed by atoms with Gasteiger partial charge in [0.05, 0.1) is 0 Å². The summed E-state index contributed by atoms with van der Waals surface area (Å²) in [5.74, 6) is 0.508. The zero-order valence-corrected chi connectivity index (χ0v) is 12.6. The van der Waals surface area contributed by atoms with Gasteiger partial charge in [0.15, 0.2) is 0 Å². The zero-order chi connectivity index (χ0) is 14.2. The van der Waals surface area contributed by atoms with Crippen molar-refractivity contribution in [3.05, 3.63) is 71.3 Å². The van der Waals surface area contributed by atoms with Crippen molar-refractivity contribution in [1.82, 2.24) is 4.90 Å². The van der Waals surface area contributed by atoms with Gasteiger partial charge in [-0.3, -0.25) is 0 Å². The third-order valence-electron chi connectivity index (χ3n) is 4.93. The topological polar surface area (TPSA) is 3.24 Å². The lowest BCUT2D eigenvalue weighted by atomic mass is 9.70. The van der Waals surface area contributed by atoms with E-state index in [-0.39, 0.29) is 5.54 Å². The van der Waals surface area contributed by atoms with Crippen molar-refractivity contribution >= 4 is 0 Å². The van der Waals surface area contributed by atoms with Crippen molar-refractivity contribution in [2.75, 3.05) is 14.1 Å². The van der Waals surface area contributed by atoms with Gasteiger partial charge in [-0.1, -0.05) is 54.6 Å². The molecule has 0 amide bonds. The molecule has 20 heavy (non-hydrogen) atoms. The van der Waals surface area contributed by atoms with E-state index >= 15 is 0 Å². The van der Waals surface area contributed by atoms with E-state index in [2.05, 4.69) is 80.5 Å². The Labute approximate surface area is 122 Å². The molecule has 2 aromatic rings. The molecule has 0 aliphatic heterocycles. The minimum absolute atomic E-state index is 0.231. The zero-order valence-electron chi connectivity index (χ0n) is 12.6. The van der Waals surface area contributed by atoms with Gasteiger partial charge in [0.2, 0.25) is 0 Å². The van der Waals surface area contributed by atoms with Gasteiger partial charge in [-0.15, -0.1) is 0 Å². The molecule has 0 bridgehead atoms. The predicted octanol–water partition coefficient (Wildman–Crippen LogP) is 4.09. The van der Waals surface area contributed by atoms with E-state index in [1.807, 2.05) is 0 Å². The van der Waals surface area contributed by atoms with Crippen molar-refractivity contribution in [2.24, 2.45) is 0 Å². The maximum Gasteiger partial charge on any atom is 0.0224 e. The van der Waals surface area contributed by atoms with E-state index in [0.29, 0.717) is 5.92 Å². The van der Waals surface area contributed by atoms with Crippen LogP contribution in [0.5, 0.6) is 0 Å². The van der Waals surface area contributed by atoms with Crippen LogP contribution < -0.4 is 0 Å². The lowest BCUT2D eigenvalue weighted by Crippen LogP contribution is -2.47. The quantitative estimate of drug-likeness (QED) is 0.790. The average molecular weight is 265 g/mol. The van der Waals surface area contributed by atoms with Crippen LogP contribution in [-0.4, -0.2) is 24.5 Å². The fraction of sp³-hybridized carbons (Fsp3) is 0.368. The molecule has 1 aliphatic carbocycles. The average Bonchev–Trinajstić information content (AvgIpc) is 2.47. The van der Waals surface area contributed by atoms with Gasteiger partial charge in [0.25, 0.3) is 0 Å². The summed E-state index contributed by atoms with van der Waals surface area (Å²) in [6, 6.07) is 19.9. The van der Waals surface area contributed by atoms with Crippen LogP contribution in [-0.2, 0) is 6.42 Å². The summed E-state index contributed by atoms with van der Waals surface area (Å²) in [5, 5.41) is 0. The monoisotopic (exact) mass is 265 g/mol. The van der Waals surface area contributed by atoms with Crippen LogP contribution in [0.4, 0.5) is 0 Å². The number of fused-ring (bicyclic) bond motifs is 1. The minimum Gasteiger partial charge on any atom is -0.304 e. The van der Waals surface area contributed by atoms with E-state index in [1.165, 1.54) is 23.1 Å². The van der Waals surface area contributed by atoms with Crippen molar-refractivity contribution in [1.29, 1.82) is 0 Å². The highest BCUT2D eigenvalue weighted by Crippen LogP contribution is 2.42. The van der Waals surface area contributed by atoms with Crippen molar-refractivity contribution in [2.45, 2.75) is 31.2 Å². The highest BCUT2D eigenvalue weighted by molar-refractivity contribution is 5.42. The lowest BCUT2D eigenvalue weighted by Gasteiger charge is -2.44. The highest BCUT2D eigenvalue weighted by Gasteiger charge is 2.37. The van der Waals surface area contributed by atoms with Crippen LogP contribution >= 0.6 is 0 Å². The molecule has 2 aromatic carbocycles. The molecule has 3 rings (SSSR count). The third-order valence-corrected chi connectivity index (χ3v) is 4.93. The lowest BCUT2D eigenvalue weighted by molar-refractivity contribution is 0.144. The highest BCUT2D eigenvalue weighted by atomic mass is 15.1. The number of nitrogens with zero attached hydrogens (tertiary/aromatic N) is 1. The van der Waals surface area contributed by atoms with Crippen LogP contribution in [0.15, 0.2) is 54.6 Å². The SMILES string of the molecule is CN(C)[C@]1(C)Cc2ccccc2[C@@H](c2ccccc2)C1. The maximum atomic E-state index is 2.39. The van der Waals surface area contributed by atoms with Crippen LogP contribution in [0.25, 0.3) is 0 Å². The van der Waals surface area contributed by atoms with Gasteiger partial charge < -0.3 is 4.90 Å². The Morgan fingerprint density at radius 3 is 2.30 bits per heavy atom. The normalized spacial score (nSPS) is 25.5. The Hall–Kier alpha value is -1.60. The minimum atomic E-state index is 0.231. The van der Waals surface area contributed by atoms with Gasteiger partial charge in [0, 0.05) is 11.5 Å². The van der Waals surface area contributed by atoms with Crippen molar-refractivity contribution in [3.8, 4) is 0 Å². The van der Waals surface area contributed by atoms with Gasteiger partial charge in [-0.05, 0) is 50.6 Å². The summed E-state index contributed by atoms with van der Waals surface area (Å²) in [4.78, 5) is 2.39. The molecule has 2 atom stereocenters. The Morgan fingerprint density at radius 1 is 0.950 bits per heavy atom. The molecular weight excluding hydrogens is 242 g/mol. The summed E-state index contributed by atoms with van der Waals surface area (Å²) in [7, 11) is 4.41. The molecule has 1 nitrogen and oxygen atoms in total. The van der Waals surface area contributed by atoms with Gasteiger partial charge >= 0.3 is 0 Å². The molecule has 0 fully saturated rings. The number of hydrogen-bond acceptors (Lipinski definition) is 1. The standard InChI is InChI=1S/C19H23N/c1-19(20(2)3)13-16-11-7-8-12-17(16)18(14-19)15-9-5-4-6-10-15/h4-12,18H,13-14H2,1-3H3/t18-,19-/m1/s1. The van der Waals surface area contributed by atoms with E-state index in [4.69, 9.17) is 0 Å². The second kappa shape index (κ2) is 5.06. The van der Waals surface area contributed by atoms with Crippen LogP contribution in [0.2, 0.25) is 0 Å². The summed E-state index contributed by atoms with van der Waals surface area (Å²) < 4.78 is 0. The molecule has 0 N–H and O–H groups in total. The number of benzene rings is 2. The molecule has 0 saturated heterocycles. The van der Waals surface area contributed by atoms with Gasteiger partial charge in [0.1, 0.15) is 0 Å². The van der Waals surface area contributed by atoms with Gasteiger partial charge in [-0.25, -0.2) is 0 Å². The summed E-state index contributed by atoms with van der Waals surface area (Å²) in [5.41, 5.74) is 4.68. The predicted molar refractivity (Wildman–Crippen MR) is 85.1 cm³/mol. The fourth-order valence-corrected chi connectivity index (χ4v) is 3.39. The first-order chi connectivity index (χ1) is 9.60. The first-order valence-electron chi connectivity index (χ1n) is 7.40. The van der Waals surface area contributed by atoms with Crippen molar-refractivity contribution in [3.63, 3.8) is 0 Å². The Bertz CT molecular complexity index is 588. The summed E-state index contributed by atoms with van der Waals surface area (Å²) in [6.07, 6.45) is 2.32. The molecule has 1 aliphatic rings. The molecule has 104 valence electrons. The number of hydrogen-bond donors (Lipinski definition) is 0. The van der Waals surface area contributed by atoms with E-state index in [1.54, 1.807) is 0 Å². The molecule has 0 unspecified atom stereocenters. The molecule has 0 heterocycles. The Balaban J connectivity index is 2.09. The van der Waals surface area contributed by atoms with E-state index < -0.39 is 0 Å². The molecular formula is C19H23N. The third kappa shape index (κ3) is 2.27. The van der Waals surface area contributed by atoms with Crippen LogP contribution in [0.1, 0.15) is 36.0 Å². The molecule has 0 saturated carbocycles. The molecule has 0 radical (unpaired) electrons.